The van der Waals surface area contributed by atoms with Gasteiger partial charge in [0.15, 0.2) is 0 Å². The van der Waals surface area contributed by atoms with Crippen LogP contribution in [-0.4, -0.2) is 18.1 Å². The van der Waals surface area contributed by atoms with E-state index in [1.807, 2.05) is 19.1 Å². The van der Waals surface area contributed by atoms with Gasteiger partial charge in [-0.1, -0.05) is 17.7 Å². The molecule has 0 unspecified atom stereocenters. The predicted octanol–water partition coefficient (Wildman–Crippen LogP) is 3.12. The minimum absolute atomic E-state index is 0.0527. The minimum atomic E-state index is -0.557. The van der Waals surface area contributed by atoms with Gasteiger partial charge in [-0.2, -0.15) is 0 Å². The van der Waals surface area contributed by atoms with Crippen molar-refractivity contribution in [2.45, 2.75) is 6.92 Å². The summed E-state index contributed by atoms with van der Waals surface area (Å²) in [4.78, 5) is 13.6. The molecule has 0 atom stereocenters. The number of nitrogens with zero attached hydrogens (tertiary/aromatic N) is 1. The summed E-state index contributed by atoms with van der Waals surface area (Å²) in [5.74, 6) is -1.25. The fourth-order valence-corrected chi connectivity index (χ4v) is 1.75. The molecule has 4 heteroatoms. The monoisotopic (exact) mass is 259 g/mol. The maximum absolute atomic E-state index is 13.1. The highest BCUT2D eigenvalue weighted by Gasteiger charge is 2.17. The lowest BCUT2D eigenvalue weighted by molar-refractivity contribution is 0.0990. The quantitative estimate of drug-likeness (QED) is 0.900. The number of benzene rings is 2. The van der Waals surface area contributed by atoms with Crippen LogP contribution in [0.1, 0.15) is 15.9 Å². The van der Waals surface area contributed by atoms with Crippen LogP contribution in [0, 0.1) is 12.7 Å². The van der Waals surface area contributed by atoms with E-state index in [9.17, 15) is 14.3 Å². The van der Waals surface area contributed by atoms with Crippen LogP contribution in [0.15, 0.2) is 42.5 Å². The highest BCUT2D eigenvalue weighted by atomic mass is 19.1. The number of carbonyl (C=O) groups excluding carboxylic acids is 1. The summed E-state index contributed by atoms with van der Waals surface area (Å²) in [5, 5.41) is 9.63. The average Bonchev–Trinajstić information content (AvgIpc) is 2.41. The van der Waals surface area contributed by atoms with E-state index in [1.54, 1.807) is 19.2 Å². The zero-order chi connectivity index (χ0) is 14.0. The molecule has 0 bridgehead atoms. The van der Waals surface area contributed by atoms with Crippen LogP contribution in [0.2, 0.25) is 0 Å². The molecule has 0 saturated heterocycles. The van der Waals surface area contributed by atoms with Gasteiger partial charge in [0.1, 0.15) is 11.6 Å². The van der Waals surface area contributed by atoms with E-state index in [2.05, 4.69) is 0 Å². The van der Waals surface area contributed by atoms with Crippen LogP contribution in [0.4, 0.5) is 10.1 Å². The molecule has 3 nitrogen and oxygen atoms in total. The number of carbonyl (C=O) groups is 1. The zero-order valence-electron chi connectivity index (χ0n) is 10.7. The third kappa shape index (κ3) is 2.73. The van der Waals surface area contributed by atoms with Crippen molar-refractivity contribution in [1.82, 2.24) is 0 Å². The minimum Gasteiger partial charge on any atom is -0.507 e. The van der Waals surface area contributed by atoms with Gasteiger partial charge in [0.05, 0.1) is 5.56 Å². The number of hydrogen-bond acceptors (Lipinski definition) is 2. The number of aryl methyl sites for hydroxylation is 1. The zero-order valence-corrected chi connectivity index (χ0v) is 10.7. The fraction of sp³-hybridized carbons (Fsp3) is 0.133. The molecular formula is C15H14FNO2. The van der Waals surface area contributed by atoms with Gasteiger partial charge in [-0.3, -0.25) is 4.79 Å². The van der Waals surface area contributed by atoms with Gasteiger partial charge in [-0.25, -0.2) is 4.39 Å². The normalized spacial score (nSPS) is 10.3. The summed E-state index contributed by atoms with van der Waals surface area (Å²) in [6, 6.07) is 10.7. The Bertz CT molecular complexity index is 608. The predicted molar refractivity (Wildman–Crippen MR) is 72.0 cm³/mol. The Kier molecular flexibility index (Phi) is 3.51. The molecule has 2 rings (SSSR count). The van der Waals surface area contributed by atoms with E-state index in [4.69, 9.17) is 0 Å². The van der Waals surface area contributed by atoms with E-state index in [-0.39, 0.29) is 11.3 Å². The lowest BCUT2D eigenvalue weighted by atomic mass is 10.1. The van der Waals surface area contributed by atoms with E-state index >= 15 is 0 Å². The molecule has 2 aromatic carbocycles. The second kappa shape index (κ2) is 5.10. The van der Waals surface area contributed by atoms with Crippen molar-refractivity contribution in [1.29, 1.82) is 0 Å². The number of rotatable bonds is 2. The summed E-state index contributed by atoms with van der Waals surface area (Å²) in [6.45, 7) is 1.95. The van der Waals surface area contributed by atoms with Gasteiger partial charge < -0.3 is 10.0 Å². The van der Waals surface area contributed by atoms with Crippen molar-refractivity contribution in [3.63, 3.8) is 0 Å². The number of phenols is 1. The Morgan fingerprint density at radius 1 is 1.16 bits per heavy atom. The number of amides is 1. The number of hydrogen-bond donors (Lipinski definition) is 1. The van der Waals surface area contributed by atoms with Gasteiger partial charge in [0.25, 0.3) is 5.91 Å². The van der Waals surface area contributed by atoms with Crippen molar-refractivity contribution in [3.8, 4) is 5.75 Å². The van der Waals surface area contributed by atoms with Gasteiger partial charge >= 0.3 is 0 Å². The molecule has 0 aliphatic rings. The molecular weight excluding hydrogens is 245 g/mol. The average molecular weight is 259 g/mol. The first-order chi connectivity index (χ1) is 8.99. The third-order valence-corrected chi connectivity index (χ3v) is 2.91. The molecule has 2 aromatic rings. The molecule has 0 saturated carbocycles. The van der Waals surface area contributed by atoms with Crippen molar-refractivity contribution < 1.29 is 14.3 Å². The van der Waals surface area contributed by atoms with Crippen LogP contribution < -0.4 is 4.90 Å². The maximum Gasteiger partial charge on any atom is 0.261 e. The Morgan fingerprint density at radius 2 is 1.79 bits per heavy atom. The largest absolute Gasteiger partial charge is 0.507 e. The smallest absolute Gasteiger partial charge is 0.261 e. The van der Waals surface area contributed by atoms with Crippen molar-refractivity contribution in [2.75, 3.05) is 11.9 Å². The summed E-state index contributed by atoms with van der Waals surface area (Å²) < 4.78 is 13.1. The summed E-state index contributed by atoms with van der Waals surface area (Å²) in [7, 11) is 1.58. The molecule has 19 heavy (non-hydrogen) atoms. The highest BCUT2D eigenvalue weighted by Crippen LogP contribution is 2.22. The van der Waals surface area contributed by atoms with Gasteiger partial charge in [-0.05, 0) is 37.3 Å². The Labute approximate surface area is 110 Å². The summed E-state index contributed by atoms with van der Waals surface area (Å²) in [6.07, 6.45) is 0. The topological polar surface area (TPSA) is 40.5 Å². The molecule has 0 heterocycles. The molecule has 0 spiro atoms. The lowest BCUT2D eigenvalue weighted by Crippen LogP contribution is -2.26. The molecule has 0 aliphatic heterocycles. The first kappa shape index (κ1) is 13.1. The van der Waals surface area contributed by atoms with Crippen LogP contribution in [-0.2, 0) is 0 Å². The van der Waals surface area contributed by atoms with Crippen LogP contribution in [0.5, 0.6) is 5.75 Å². The van der Waals surface area contributed by atoms with E-state index in [0.29, 0.717) is 5.69 Å². The molecule has 0 aliphatic carbocycles. The number of aromatic hydroxyl groups is 1. The van der Waals surface area contributed by atoms with Crippen LogP contribution >= 0.6 is 0 Å². The lowest BCUT2D eigenvalue weighted by Gasteiger charge is -2.18. The fourth-order valence-electron chi connectivity index (χ4n) is 1.75. The standard InChI is InChI=1S/C15H14FNO2/c1-10-3-6-12(7-4-10)17(2)15(19)13-9-11(16)5-8-14(13)18/h3-9,18H,1-2H3. The van der Waals surface area contributed by atoms with Crippen LogP contribution in [0.25, 0.3) is 0 Å². The van der Waals surface area contributed by atoms with Gasteiger partial charge in [0.2, 0.25) is 0 Å². The summed E-state index contributed by atoms with van der Waals surface area (Å²) in [5.41, 5.74) is 1.71. The molecule has 0 fully saturated rings. The number of halogens is 1. The molecule has 0 radical (unpaired) electrons. The van der Waals surface area contributed by atoms with E-state index < -0.39 is 11.7 Å². The first-order valence-corrected chi connectivity index (χ1v) is 5.82. The SMILES string of the molecule is Cc1ccc(N(C)C(=O)c2cc(F)ccc2O)cc1. The molecule has 1 N–H and O–H groups in total. The maximum atomic E-state index is 13.1. The number of phenolic OH excluding ortho intramolecular Hbond substituents is 1. The van der Waals surface area contributed by atoms with Crippen LogP contribution in [0.3, 0.4) is 0 Å². The van der Waals surface area contributed by atoms with E-state index in [0.717, 1.165) is 17.7 Å². The first-order valence-electron chi connectivity index (χ1n) is 5.82. The second-order valence-corrected chi connectivity index (χ2v) is 4.36. The van der Waals surface area contributed by atoms with E-state index in [1.165, 1.54) is 11.0 Å². The van der Waals surface area contributed by atoms with Gasteiger partial charge in [-0.15, -0.1) is 0 Å². The Morgan fingerprint density at radius 3 is 2.42 bits per heavy atom. The molecule has 98 valence electrons. The Balaban J connectivity index is 2.33. The van der Waals surface area contributed by atoms with Crippen molar-refractivity contribution in [2.24, 2.45) is 0 Å². The third-order valence-electron chi connectivity index (χ3n) is 2.91. The van der Waals surface area contributed by atoms with Crippen molar-refractivity contribution >= 4 is 11.6 Å². The molecule has 0 aromatic heterocycles. The Hall–Kier alpha value is -2.36. The number of anilines is 1. The summed E-state index contributed by atoms with van der Waals surface area (Å²) >= 11 is 0. The second-order valence-electron chi connectivity index (χ2n) is 4.36. The van der Waals surface area contributed by atoms with Gasteiger partial charge in [0, 0.05) is 12.7 Å². The molecule has 1 amide bonds. The van der Waals surface area contributed by atoms with Crippen molar-refractivity contribution in [3.05, 3.63) is 59.4 Å². The highest BCUT2D eigenvalue weighted by molar-refractivity contribution is 6.07.